The standard InChI is InChI=1S/C10H14N2O2S2/c1-8-4-3-5-9(6-8)12(2)16(13,14)7-10(11)15/h3-6H,7H2,1-2H3,(H2,11,15). The largest absolute Gasteiger partial charge is 0.392 e. The number of thiocarbonyl (C=S) groups is 1. The van der Waals surface area contributed by atoms with Gasteiger partial charge < -0.3 is 5.73 Å². The zero-order valence-corrected chi connectivity index (χ0v) is 10.8. The third-order valence-electron chi connectivity index (χ3n) is 2.11. The minimum absolute atomic E-state index is 0.0282. The highest BCUT2D eigenvalue weighted by molar-refractivity contribution is 7.95. The predicted molar refractivity (Wildman–Crippen MR) is 70.2 cm³/mol. The highest BCUT2D eigenvalue weighted by atomic mass is 32.2. The van der Waals surface area contributed by atoms with Crippen LogP contribution in [0.4, 0.5) is 5.69 Å². The number of benzene rings is 1. The van der Waals surface area contributed by atoms with Crippen LogP contribution in [0, 0.1) is 6.92 Å². The molecule has 0 saturated heterocycles. The third kappa shape index (κ3) is 3.18. The van der Waals surface area contributed by atoms with E-state index in [1.54, 1.807) is 18.2 Å². The lowest BCUT2D eigenvalue weighted by molar-refractivity contribution is 0.598. The number of sulfonamides is 1. The van der Waals surface area contributed by atoms with Crippen molar-refractivity contribution < 1.29 is 8.42 Å². The van der Waals surface area contributed by atoms with Gasteiger partial charge in [-0.1, -0.05) is 24.4 Å². The second-order valence-electron chi connectivity index (χ2n) is 3.53. The summed E-state index contributed by atoms with van der Waals surface area (Å²) in [6.45, 7) is 1.90. The topological polar surface area (TPSA) is 63.4 Å². The van der Waals surface area contributed by atoms with Gasteiger partial charge in [-0.2, -0.15) is 0 Å². The lowest BCUT2D eigenvalue weighted by Gasteiger charge is -2.19. The molecule has 0 radical (unpaired) electrons. The van der Waals surface area contributed by atoms with Gasteiger partial charge >= 0.3 is 0 Å². The van der Waals surface area contributed by atoms with Crippen molar-refractivity contribution in [3.63, 3.8) is 0 Å². The highest BCUT2D eigenvalue weighted by Gasteiger charge is 2.19. The monoisotopic (exact) mass is 258 g/mol. The summed E-state index contributed by atoms with van der Waals surface area (Å²) in [5, 5.41) is 0. The quantitative estimate of drug-likeness (QED) is 0.820. The van der Waals surface area contributed by atoms with Gasteiger partial charge in [0.1, 0.15) is 5.75 Å². The Hall–Kier alpha value is -1.14. The van der Waals surface area contributed by atoms with Crippen LogP contribution in [-0.4, -0.2) is 26.2 Å². The molecule has 1 aromatic rings. The van der Waals surface area contributed by atoms with E-state index in [1.165, 1.54) is 11.4 Å². The molecule has 0 atom stereocenters. The molecule has 0 unspecified atom stereocenters. The van der Waals surface area contributed by atoms with Crippen LogP contribution in [0.2, 0.25) is 0 Å². The van der Waals surface area contributed by atoms with Crippen LogP contribution in [0.15, 0.2) is 24.3 Å². The van der Waals surface area contributed by atoms with Gasteiger partial charge in [0, 0.05) is 7.05 Å². The van der Waals surface area contributed by atoms with Crippen molar-refractivity contribution in [1.82, 2.24) is 0 Å². The lowest BCUT2D eigenvalue weighted by Crippen LogP contribution is -2.34. The summed E-state index contributed by atoms with van der Waals surface area (Å²) >= 11 is 4.61. The van der Waals surface area contributed by atoms with Crippen molar-refractivity contribution >= 4 is 32.9 Å². The summed E-state index contributed by atoms with van der Waals surface area (Å²) in [5.41, 5.74) is 6.85. The minimum atomic E-state index is -3.46. The number of anilines is 1. The fourth-order valence-electron chi connectivity index (χ4n) is 1.26. The maximum absolute atomic E-state index is 11.8. The summed E-state index contributed by atoms with van der Waals surface area (Å²) in [6, 6.07) is 7.22. The molecule has 0 bridgehead atoms. The summed E-state index contributed by atoms with van der Waals surface area (Å²) in [6.07, 6.45) is 0. The van der Waals surface area contributed by atoms with Gasteiger partial charge in [-0.3, -0.25) is 4.31 Å². The maximum atomic E-state index is 11.8. The van der Waals surface area contributed by atoms with Crippen LogP contribution in [0.1, 0.15) is 5.56 Å². The van der Waals surface area contributed by atoms with Gasteiger partial charge in [-0.15, -0.1) is 0 Å². The van der Waals surface area contributed by atoms with Crippen LogP contribution in [0.5, 0.6) is 0 Å². The van der Waals surface area contributed by atoms with E-state index < -0.39 is 10.0 Å². The Balaban J connectivity index is 3.02. The molecule has 0 spiro atoms. The first-order valence-corrected chi connectivity index (χ1v) is 6.66. The molecule has 2 N–H and O–H groups in total. The molecule has 4 nitrogen and oxygen atoms in total. The molecule has 0 heterocycles. The second-order valence-corrected chi connectivity index (χ2v) is 6.05. The molecule has 0 amide bonds. The molecule has 0 aliphatic carbocycles. The van der Waals surface area contributed by atoms with E-state index in [9.17, 15) is 8.42 Å². The molecule has 16 heavy (non-hydrogen) atoms. The van der Waals surface area contributed by atoms with E-state index in [2.05, 4.69) is 12.2 Å². The van der Waals surface area contributed by atoms with Crippen LogP contribution in [-0.2, 0) is 10.0 Å². The molecule has 0 aromatic heterocycles. The van der Waals surface area contributed by atoms with Gasteiger partial charge in [-0.05, 0) is 24.6 Å². The molecular formula is C10H14N2O2S2. The Morgan fingerprint density at radius 3 is 2.62 bits per heavy atom. The molecule has 0 saturated carbocycles. The smallest absolute Gasteiger partial charge is 0.241 e. The number of nitrogens with two attached hydrogens (primary N) is 1. The average Bonchev–Trinajstić information content (AvgIpc) is 2.14. The van der Waals surface area contributed by atoms with Crippen LogP contribution < -0.4 is 10.0 Å². The van der Waals surface area contributed by atoms with Crippen molar-refractivity contribution in [3.8, 4) is 0 Å². The number of nitrogens with zero attached hydrogens (tertiary/aromatic N) is 1. The van der Waals surface area contributed by atoms with Gasteiger partial charge in [0.05, 0.1) is 10.7 Å². The molecular weight excluding hydrogens is 244 g/mol. The van der Waals surface area contributed by atoms with Crippen LogP contribution >= 0.6 is 12.2 Å². The first kappa shape index (κ1) is 12.9. The Morgan fingerprint density at radius 1 is 1.50 bits per heavy atom. The van der Waals surface area contributed by atoms with Gasteiger partial charge in [0.15, 0.2) is 0 Å². The fourth-order valence-corrected chi connectivity index (χ4v) is 2.70. The second kappa shape index (κ2) is 4.80. The first-order valence-electron chi connectivity index (χ1n) is 4.64. The van der Waals surface area contributed by atoms with Crippen molar-refractivity contribution in [2.45, 2.75) is 6.92 Å². The Morgan fingerprint density at radius 2 is 2.12 bits per heavy atom. The van der Waals surface area contributed by atoms with Gasteiger partial charge in [0.2, 0.25) is 10.0 Å². The summed E-state index contributed by atoms with van der Waals surface area (Å²) < 4.78 is 24.8. The molecule has 0 fully saturated rings. The zero-order chi connectivity index (χ0) is 12.3. The number of hydrogen-bond acceptors (Lipinski definition) is 3. The van der Waals surface area contributed by atoms with E-state index in [4.69, 9.17) is 5.73 Å². The normalized spacial score (nSPS) is 11.1. The van der Waals surface area contributed by atoms with E-state index in [0.29, 0.717) is 5.69 Å². The lowest BCUT2D eigenvalue weighted by atomic mass is 10.2. The van der Waals surface area contributed by atoms with E-state index in [-0.39, 0.29) is 10.7 Å². The average molecular weight is 258 g/mol. The van der Waals surface area contributed by atoms with Crippen molar-refractivity contribution in [2.75, 3.05) is 17.1 Å². The van der Waals surface area contributed by atoms with Gasteiger partial charge in [-0.25, -0.2) is 8.42 Å². The van der Waals surface area contributed by atoms with Crippen molar-refractivity contribution in [2.24, 2.45) is 5.73 Å². The SMILES string of the molecule is Cc1cccc(N(C)S(=O)(=O)CC(N)=S)c1. The Labute approximate surface area is 101 Å². The van der Waals surface area contributed by atoms with Crippen molar-refractivity contribution in [3.05, 3.63) is 29.8 Å². The first-order chi connectivity index (χ1) is 7.33. The predicted octanol–water partition coefficient (Wildman–Crippen LogP) is 1.05. The summed E-state index contributed by atoms with van der Waals surface area (Å²) in [4.78, 5) is -0.0282. The highest BCUT2D eigenvalue weighted by Crippen LogP contribution is 2.17. The summed E-state index contributed by atoms with van der Waals surface area (Å²) in [7, 11) is -1.97. The molecule has 1 aromatic carbocycles. The molecule has 6 heteroatoms. The number of rotatable bonds is 4. The Kier molecular flexibility index (Phi) is 3.88. The van der Waals surface area contributed by atoms with E-state index in [0.717, 1.165) is 5.56 Å². The van der Waals surface area contributed by atoms with Crippen LogP contribution in [0.25, 0.3) is 0 Å². The van der Waals surface area contributed by atoms with E-state index in [1.807, 2.05) is 13.0 Å². The molecule has 0 aliphatic heterocycles. The zero-order valence-electron chi connectivity index (χ0n) is 9.17. The molecule has 1 rings (SSSR count). The third-order valence-corrected chi connectivity index (χ3v) is 4.16. The minimum Gasteiger partial charge on any atom is -0.392 e. The number of aryl methyl sites for hydroxylation is 1. The maximum Gasteiger partial charge on any atom is 0.241 e. The molecule has 88 valence electrons. The van der Waals surface area contributed by atoms with E-state index >= 15 is 0 Å². The van der Waals surface area contributed by atoms with Crippen LogP contribution in [0.3, 0.4) is 0 Å². The Bertz CT molecular complexity index is 497. The van der Waals surface area contributed by atoms with Crippen molar-refractivity contribution in [1.29, 1.82) is 0 Å². The fraction of sp³-hybridized carbons (Fsp3) is 0.300. The number of hydrogen-bond donors (Lipinski definition) is 1. The summed E-state index contributed by atoms with van der Waals surface area (Å²) in [5.74, 6) is -0.313. The molecule has 0 aliphatic rings. The van der Waals surface area contributed by atoms with Gasteiger partial charge in [0.25, 0.3) is 0 Å².